The van der Waals surface area contributed by atoms with Crippen LogP contribution < -0.4 is 0 Å². The van der Waals surface area contributed by atoms with Crippen LogP contribution in [0.15, 0.2) is 30.3 Å². The van der Waals surface area contributed by atoms with Crippen LogP contribution in [0.1, 0.15) is 97.2 Å². The minimum absolute atomic E-state index is 0.0215. The van der Waals surface area contributed by atoms with Crippen molar-refractivity contribution in [2.75, 3.05) is 13.7 Å². The number of rotatable bonds is 8. The minimum atomic E-state index is -0.746. The van der Waals surface area contributed by atoms with Crippen LogP contribution in [0.4, 0.5) is 13.2 Å². The number of ether oxygens (including phenoxy) is 3. The van der Waals surface area contributed by atoms with Crippen molar-refractivity contribution in [1.82, 2.24) is 0 Å². The monoisotopic (exact) mass is 504 g/mol. The van der Waals surface area contributed by atoms with Crippen molar-refractivity contribution in [3.63, 3.8) is 0 Å². The highest BCUT2D eigenvalue weighted by atomic mass is 19.2. The average molecular weight is 505 g/mol. The Balaban J connectivity index is 1.33. The number of halogens is 3. The van der Waals surface area contributed by atoms with Crippen LogP contribution in [0.2, 0.25) is 0 Å². The standard InChI is InChI=1S/C29H35F3O4/c1-3-35-17-21-5-4-20(16-26(21)30)29(33)36-23-12-8-19(9-13-23)25-15-14-24(27(31)28(25)32)18-6-10-22(34-2)11-7-18/h4-5,14-16,18-19,22-23H,3,6-13,17H2,1-2H3. The Hall–Kier alpha value is -2.38. The lowest BCUT2D eigenvalue weighted by molar-refractivity contribution is 0.0193. The van der Waals surface area contributed by atoms with Gasteiger partial charge in [0.25, 0.3) is 0 Å². The van der Waals surface area contributed by atoms with Gasteiger partial charge in [0.15, 0.2) is 11.6 Å². The van der Waals surface area contributed by atoms with E-state index in [9.17, 15) is 9.18 Å². The van der Waals surface area contributed by atoms with Crippen molar-refractivity contribution in [1.29, 1.82) is 0 Å². The van der Waals surface area contributed by atoms with Gasteiger partial charge >= 0.3 is 5.97 Å². The van der Waals surface area contributed by atoms with Gasteiger partial charge in [0.05, 0.1) is 18.3 Å². The third-order valence-corrected chi connectivity index (χ3v) is 7.73. The van der Waals surface area contributed by atoms with Crippen molar-refractivity contribution in [3.8, 4) is 0 Å². The Morgan fingerprint density at radius 1 is 0.833 bits per heavy atom. The second-order valence-electron chi connectivity index (χ2n) is 9.90. The Morgan fingerprint density at radius 2 is 1.39 bits per heavy atom. The Kier molecular flexibility index (Phi) is 9.07. The summed E-state index contributed by atoms with van der Waals surface area (Å²) >= 11 is 0. The van der Waals surface area contributed by atoms with Gasteiger partial charge in [-0.05, 0) is 93.4 Å². The molecule has 2 aliphatic rings. The van der Waals surface area contributed by atoms with Gasteiger partial charge in [-0.25, -0.2) is 18.0 Å². The number of methoxy groups -OCH3 is 1. The normalized spacial score (nSPS) is 24.5. The van der Waals surface area contributed by atoms with Gasteiger partial charge < -0.3 is 14.2 Å². The van der Waals surface area contributed by atoms with Crippen LogP contribution in [-0.2, 0) is 20.8 Å². The lowest BCUT2D eigenvalue weighted by Crippen LogP contribution is -2.25. The molecule has 2 saturated carbocycles. The molecule has 2 aliphatic carbocycles. The minimum Gasteiger partial charge on any atom is -0.459 e. The van der Waals surface area contributed by atoms with Crippen LogP contribution >= 0.6 is 0 Å². The van der Waals surface area contributed by atoms with E-state index in [0.29, 0.717) is 49.0 Å². The molecule has 2 aromatic rings. The van der Waals surface area contributed by atoms with Crippen LogP contribution in [0, 0.1) is 17.5 Å². The molecule has 0 heterocycles. The van der Waals surface area contributed by atoms with Crippen molar-refractivity contribution in [3.05, 3.63) is 70.0 Å². The maximum atomic E-state index is 15.1. The summed E-state index contributed by atoms with van der Waals surface area (Å²) in [7, 11) is 1.69. The first-order valence-corrected chi connectivity index (χ1v) is 13.0. The van der Waals surface area contributed by atoms with Crippen molar-refractivity contribution >= 4 is 5.97 Å². The van der Waals surface area contributed by atoms with Gasteiger partial charge in [-0.3, -0.25) is 0 Å². The summed E-state index contributed by atoms with van der Waals surface area (Å²) in [5.41, 5.74) is 1.40. The van der Waals surface area contributed by atoms with Gasteiger partial charge in [-0.1, -0.05) is 18.2 Å². The highest BCUT2D eigenvalue weighted by Crippen LogP contribution is 2.40. The van der Waals surface area contributed by atoms with E-state index in [4.69, 9.17) is 14.2 Å². The fourth-order valence-electron chi connectivity index (χ4n) is 5.53. The first-order chi connectivity index (χ1) is 17.4. The first kappa shape index (κ1) is 26.7. The third-order valence-electron chi connectivity index (χ3n) is 7.73. The fraction of sp³-hybridized carbons (Fsp3) is 0.552. The summed E-state index contributed by atoms with van der Waals surface area (Å²) < 4.78 is 60.6. The van der Waals surface area contributed by atoms with E-state index in [1.54, 1.807) is 19.2 Å². The number of hydrogen-bond donors (Lipinski definition) is 0. The number of carbonyl (C=O) groups excluding carboxylic acids is 1. The van der Waals surface area contributed by atoms with Gasteiger partial charge in [-0.2, -0.15) is 0 Å². The van der Waals surface area contributed by atoms with E-state index < -0.39 is 23.4 Å². The molecular formula is C29H35F3O4. The summed E-state index contributed by atoms with van der Waals surface area (Å²) in [6, 6.07) is 7.72. The maximum Gasteiger partial charge on any atom is 0.338 e. The van der Waals surface area contributed by atoms with Gasteiger partial charge in [0.2, 0.25) is 0 Å². The molecule has 0 bridgehead atoms. The molecule has 0 amide bonds. The molecule has 0 atom stereocenters. The topological polar surface area (TPSA) is 44.8 Å². The van der Waals surface area contributed by atoms with E-state index in [2.05, 4.69) is 0 Å². The van der Waals surface area contributed by atoms with Gasteiger partial charge in [-0.15, -0.1) is 0 Å². The summed E-state index contributed by atoms with van der Waals surface area (Å²) in [4.78, 5) is 12.5. The molecule has 2 fully saturated rings. The molecule has 0 spiro atoms. The highest BCUT2D eigenvalue weighted by molar-refractivity contribution is 5.89. The summed E-state index contributed by atoms with van der Waals surface area (Å²) in [6.45, 7) is 2.45. The molecular weight excluding hydrogens is 469 g/mol. The first-order valence-electron chi connectivity index (χ1n) is 13.0. The number of hydrogen-bond acceptors (Lipinski definition) is 4. The second-order valence-corrected chi connectivity index (χ2v) is 9.90. The van der Waals surface area contributed by atoms with Crippen LogP contribution in [0.25, 0.3) is 0 Å². The quantitative estimate of drug-likeness (QED) is 0.357. The zero-order valence-corrected chi connectivity index (χ0v) is 21.0. The third kappa shape index (κ3) is 6.12. The zero-order valence-electron chi connectivity index (χ0n) is 21.0. The van der Waals surface area contributed by atoms with Crippen molar-refractivity contribution in [2.24, 2.45) is 0 Å². The lowest BCUT2D eigenvalue weighted by Gasteiger charge is -2.30. The lowest BCUT2D eigenvalue weighted by atomic mass is 9.79. The largest absolute Gasteiger partial charge is 0.459 e. The highest BCUT2D eigenvalue weighted by Gasteiger charge is 2.31. The van der Waals surface area contributed by atoms with Crippen LogP contribution in [0.5, 0.6) is 0 Å². The molecule has 0 unspecified atom stereocenters. The summed E-state index contributed by atoms with van der Waals surface area (Å²) in [5, 5.41) is 0. The van der Waals surface area contributed by atoms with Gasteiger partial charge in [0.1, 0.15) is 11.9 Å². The second kappa shape index (κ2) is 12.2. The molecule has 0 N–H and O–H groups in total. The van der Waals surface area contributed by atoms with Crippen LogP contribution in [-0.4, -0.2) is 31.9 Å². The molecule has 0 aromatic heterocycles. The molecule has 4 nitrogen and oxygen atoms in total. The molecule has 4 rings (SSSR count). The molecule has 36 heavy (non-hydrogen) atoms. The van der Waals surface area contributed by atoms with Crippen molar-refractivity contribution in [2.45, 2.75) is 88.9 Å². The molecule has 0 saturated heterocycles. The smallest absolute Gasteiger partial charge is 0.338 e. The fourth-order valence-corrected chi connectivity index (χ4v) is 5.53. The number of carbonyl (C=O) groups is 1. The Bertz CT molecular complexity index is 1040. The Labute approximate surface area is 211 Å². The predicted octanol–water partition coefficient (Wildman–Crippen LogP) is 7.20. The molecule has 0 aliphatic heterocycles. The van der Waals surface area contributed by atoms with E-state index in [1.165, 1.54) is 18.2 Å². The summed E-state index contributed by atoms with van der Waals surface area (Å²) in [6.07, 6.45) is 5.46. The van der Waals surface area contributed by atoms with Crippen LogP contribution in [0.3, 0.4) is 0 Å². The zero-order chi connectivity index (χ0) is 25.7. The van der Waals surface area contributed by atoms with E-state index in [0.717, 1.165) is 25.7 Å². The molecule has 196 valence electrons. The molecule has 7 heteroatoms. The van der Waals surface area contributed by atoms with E-state index >= 15 is 8.78 Å². The van der Waals surface area contributed by atoms with Gasteiger partial charge in [0, 0.05) is 19.3 Å². The van der Waals surface area contributed by atoms with E-state index in [1.807, 2.05) is 6.92 Å². The SMILES string of the molecule is CCOCc1ccc(C(=O)OC2CCC(c3ccc(C4CCC(OC)CC4)c(F)c3F)CC2)cc1F. The molecule has 0 radical (unpaired) electrons. The van der Waals surface area contributed by atoms with E-state index in [-0.39, 0.29) is 36.2 Å². The number of esters is 1. The average Bonchev–Trinajstić information content (AvgIpc) is 2.90. The molecule has 2 aromatic carbocycles. The predicted molar refractivity (Wildman–Crippen MR) is 131 cm³/mol. The van der Waals surface area contributed by atoms with Crippen molar-refractivity contribution < 1.29 is 32.2 Å². The maximum absolute atomic E-state index is 15.1. The number of benzene rings is 2. The Morgan fingerprint density at radius 3 is 1.89 bits per heavy atom. The summed E-state index contributed by atoms with van der Waals surface area (Å²) in [5.74, 6) is -2.66.